The number of carbonyl (C=O) groups is 1. The van der Waals surface area contributed by atoms with Crippen LogP contribution in [0.15, 0.2) is 5.38 Å². The molecule has 2 fully saturated rings. The summed E-state index contributed by atoms with van der Waals surface area (Å²) < 4.78 is 6.21. The molecule has 1 atom stereocenters. The lowest BCUT2D eigenvalue weighted by Gasteiger charge is -2.33. The van der Waals surface area contributed by atoms with E-state index in [1.807, 2.05) is 6.92 Å². The smallest absolute Gasteiger partial charge is 0.270 e. The molecule has 5 nitrogen and oxygen atoms in total. The highest BCUT2D eigenvalue weighted by Crippen LogP contribution is 2.36. The molecule has 0 unspecified atom stereocenters. The van der Waals surface area contributed by atoms with E-state index < -0.39 is 0 Å². The predicted molar refractivity (Wildman–Crippen MR) is 78.1 cm³/mol. The van der Waals surface area contributed by atoms with E-state index >= 15 is 0 Å². The largest absolute Gasteiger partial charge is 0.370 e. The molecular weight excluding hydrogens is 274 g/mol. The summed E-state index contributed by atoms with van der Waals surface area (Å²) in [6, 6.07) is 0. The molecule has 2 aliphatic heterocycles. The number of thiazole rings is 1. The lowest BCUT2D eigenvalue weighted by Crippen LogP contribution is -2.43. The Hall–Kier alpha value is -0.980. The zero-order valence-corrected chi connectivity index (χ0v) is 12.6. The number of carbonyl (C=O) groups excluding carboxylic acids is 1. The molecule has 3 rings (SSSR count). The second-order valence-electron chi connectivity index (χ2n) is 5.67. The number of amides is 1. The van der Waals surface area contributed by atoms with Crippen LogP contribution >= 0.6 is 11.3 Å². The molecule has 0 saturated carbocycles. The van der Waals surface area contributed by atoms with Gasteiger partial charge in [-0.15, -0.1) is 11.3 Å². The van der Waals surface area contributed by atoms with E-state index in [0.29, 0.717) is 12.2 Å². The Morgan fingerprint density at radius 2 is 2.35 bits per heavy atom. The molecule has 0 aromatic carbocycles. The van der Waals surface area contributed by atoms with Crippen molar-refractivity contribution in [2.45, 2.75) is 44.3 Å². The summed E-state index contributed by atoms with van der Waals surface area (Å²) >= 11 is 1.50. The maximum Gasteiger partial charge on any atom is 0.270 e. The molecule has 110 valence electrons. The Morgan fingerprint density at radius 3 is 3.05 bits per heavy atom. The van der Waals surface area contributed by atoms with Crippen molar-refractivity contribution in [3.8, 4) is 0 Å². The van der Waals surface area contributed by atoms with Crippen LogP contribution in [0.3, 0.4) is 0 Å². The fraction of sp³-hybridized carbons (Fsp3) is 0.714. The van der Waals surface area contributed by atoms with Crippen LogP contribution in [0.25, 0.3) is 0 Å². The Bertz CT molecular complexity index is 483. The standard InChI is InChI=1S/C14H21N3O2S/c1-10-17-12(9-20-10)13(18)16-8-11-2-3-14(19-11)4-6-15-7-5-14/h9,11,15H,2-8H2,1H3,(H,16,18)/t11-/m1/s1. The fourth-order valence-corrected chi connectivity index (χ4v) is 3.65. The molecule has 1 amide bonds. The number of piperidine rings is 1. The highest BCUT2D eigenvalue weighted by molar-refractivity contribution is 7.09. The topological polar surface area (TPSA) is 63.2 Å². The molecule has 0 aliphatic carbocycles. The summed E-state index contributed by atoms with van der Waals surface area (Å²) in [5.74, 6) is -0.0933. The maximum absolute atomic E-state index is 12.0. The van der Waals surface area contributed by atoms with Gasteiger partial charge in [0.2, 0.25) is 0 Å². The van der Waals surface area contributed by atoms with E-state index in [0.717, 1.165) is 43.8 Å². The number of nitrogens with zero attached hydrogens (tertiary/aromatic N) is 1. The van der Waals surface area contributed by atoms with Crippen LogP contribution in [0.2, 0.25) is 0 Å². The Morgan fingerprint density at radius 1 is 1.55 bits per heavy atom. The van der Waals surface area contributed by atoms with Gasteiger partial charge < -0.3 is 15.4 Å². The first kappa shape index (κ1) is 14.0. The number of aromatic nitrogens is 1. The average Bonchev–Trinajstić information content (AvgIpc) is 3.05. The molecule has 2 aliphatic rings. The predicted octanol–water partition coefficient (Wildman–Crippen LogP) is 1.48. The second-order valence-corrected chi connectivity index (χ2v) is 6.74. The molecule has 1 aromatic heterocycles. The molecular formula is C14H21N3O2S. The third-order valence-electron chi connectivity index (χ3n) is 4.20. The van der Waals surface area contributed by atoms with Gasteiger partial charge in [0, 0.05) is 11.9 Å². The Kier molecular flexibility index (Phi) is 4.05. The molecule has 2 N–H and O–H groups in total. The van der Waals surface area contributed by atoms with Crippen LogP contribution in [0.4, 0.5) is 0 Å². The van der Waals surface area contributed by atoms with Crippen molar-refractivity contribution < 1.29 is 9.53 Å². The first-order valence-corrected chi connectivity index (χ1v) is 8.14. The number of rotatable bonds is 3. The number of aryl methyl sites for hydroxylation is 1. The van der Waals surface area contributed by atoms with Crippen molar-refractivity contribution in [1.29, 1.82) is 0 Å². The summed E-state index contributed by atoms with van der Waals surface area (Å²) in [6.07, 6.45) is 4.48. The summed E-state index contributed by atoms with van der Waals surface area (Å²) in [7, 11) is 0. The molecule has 6 heteroatoms. The van der Waals surface area contributed by atoms with Gasteiger partial charge in [0.15, 0.2) is 0 Å². The van der Waals surface area contributed by atoms with Gasteiger partial charge in [-0.2, -0.15) is 0 Å². The Labute approximate surface area is 123 Å². The van der Waals surface area contributed by atoms with Crippen LogP contribution in [0.1, 0.15) is 41.2 Å². The van der Waals surface area contributed by atoms with Crippen molar-refractivity contribution >= 4 is 17.2 Å². The minimum absolute atomic E-state index is 0.0673. The van der Waals surface area contributed by atoms with Crippen LogP contribution in [-0.4, -0.2) is 42.2 Å². The first-order valence-electron chi connectivity index (χ1n) is 7.26. The van der Waals surface area contributed by atoms with E-state index in [-0.39, 0.29) is 17.6 Å². The first-order chi connectivity index (χ1) is 9.67. The van der Waals surface area contributed by atoms with E-state index in [1.54, 1.807) is 5.38 Å². The van der Waals surface area contributed by atoms with Crippen molar-refractivity contribution in [1.82, 2.24) is 15.6 Å². The average molecular weight is 295 g/mol. The van der Waals surface area contributed by atoms with Crippen molar-refractivity contribution in [2.75, 3.05) is 19.6 Å². The second kappa shape index (κ2) is 5.79. The van der Waals surface area contributed by atoms with Crippen LogP contribution in [-0.2, 0) is 4.74 Å². The highest BCUT2D eigenvalue weighted by atomic mass is 32.1. The van der Waals surface area contributed by atoms with Crippen molar-refractivity contribution in [3.05, 3.63) is 16.1 Å². The van der Waals surface area contributed by atoms with Crippen LogP contribution in [0, 0.1) is 6.92 Å². The third kappa shape index (κ3) is 3.02. The minimum atomic E-state index is -0.0933. The molecule has 0 radical (unpaired) electrons. The Balaban J connectivity index is 1.49. The summed E-state index contributed by atoms with van der Waals surface area (Å²) in [5, 5.41) is 9.03. The van der Waals surface area contributed by atoms with Crippen molar-refractivity contribution in [2.24, 2.45) is 0 Å². The minimum Gasteiger partial charge on any atom is -0.370 e. The van der Waals surface area contributed by atoms with Crippen molar-refractivity contribution in [3.63, 3.8) is 0 Å². The molecule has 20 heavy (non-hydrogen) atoms. The van der Waals surface area contributed by atoms with Gasteiger partial charge >= 0.3 is 0 Å². The number of ether oxygens (including phenoxy) is 1. The molecule has 1 spiro atoms. The maximum atomic E-state index is 12.0. The lowest BCUT2D eigenvalue weighted by atomic mass is 9.89. The van der Waals surface area contributed by atoms with Gasteiger partial charge in [-0.3, -0.25) is 4.79 Å². The lowest BCUT2D eigenvalue weighted by molar-refractivity contribution is -0.0576. The van der Waals surface area contributed by atoms with Gasteiger partial charge in [-0.25, -0.2) is 4.98 Å². The molecule has 2 saturated heterocycles. The van der Waals surface area contributed by atoms with E-state index in [9.17, 15) is 4.79 Å². The summed E-state index contributed by atoms with van der Waals surface area (Å²) in [6.45, 7) is 4.57. The van der Waals surface area contributed by atoms with E-state index in [2.05, 4.69) is 15.6 Å². The number of hydrogen-bond acceptors (Lipinski definition) is 5. The van der Waals surface area contributed by atoms with Crippen LogP contribution < -0.4 is 10.6 Å². The van der Waals surface area contributed by atoms with Crippen LogP contribution in [0.5, 0.6) is 0 Å². The van der Waals surface area contributed by atoms with Gasteiger partial charge in [0.25, 0.3) is 5.91 Å². The summed E-state index contributed by atoms with van der Waals surface area (Å²) in [4.78, 5) is 16.1. The zero-order valence-electron chi connectivity index (χ0n) is 11.8. The molecule has 0 bridgehead atoms. The van der Waals surface area contributed by atoms with Gasteiger partial charge in [0.1, 0.15) is 5.69 Å². The number of nitrogens with one attached hydrogen (secondary N) is 2. The van der Waals surface area contributed by atoms with E-state index in [1.165, 1.54) is 11.3 Å². The molecule has 1 aromatic rings. The number of hydrogen-bond donors (Lipinski definition) is 2. The van der Waals surface area contributed by atoms with E-state index in [4.69, 9.17) is 4.74 Å². The molecule has 3 heterocycles. The zero-order chi connectivity index (χ0) is 14.0. The monoisotopic (exact) mass is 295 g/mol. The normalized spacial score (nSPS) is 24.9. The SMILES string of the molecule is Cc1nc(C(=O)NC[C@H]2CCC3(CCNCC3)O2)cs1. The van der Waals surface area contributed by atoms with Gasteiger partial charge in [-0.05, 0) is 45.7 Å². The fourth-order valence-electron chi connectivity index (χ4n) is 3.05. The summed E-state index contributed by atoms with van der Waals surface area (Å²) in [5.41, 5.74) is 0.583. The quantitative estimate of drug-likeness (QED) is 0.886. The van der Waals surface area contributed by atoms with Gasteiger partial charge in [-0.1, -0.05) is 0 Å². The highest BCUT2D eigenvalue weighted by Gasteiger charge is 2.40. The third-order valence-corrected chi connectivity index (χ3v) is 4.97. The van der Waals surface area contributed by atoms with Gasteiger partial charge in [0.05, 0.1) is 16.7 Å².